The molecule has 0 saturated carbocycles. The predicted octanol–water partition coefficient (Wildman–Crippen LogP) is 2.02. The lowest BCUT2D eigenvalue weighted by Crippen LogP contribution is -2.55. The van der Waals surface area contributed by atoms with Crippen molar-refractivity contribution in [2.24, 2.45) is 5.41 Å². The molecule has 1 aliphatic heterocycles. The molecule has 1 atom stereocenters. The molecule has 0 aromatic heterocycles. The molecule has 0 spiro atoms. The molecule has 0 aliphatic carbocycles. The summed E-state index contributed by atoms with van der Waals surface area (Å²) >= 11 is 0. The van der Waals surface area contributed by atoms with Gasteiger partial charge >= 0.3 is 0 Å². The van der Waals surface area contributed by atoms with Crippen molar-refractivity contribution in [3.63, 3.8) is 0 Å². The standard InChI is InChI=1S/C14H28N2O/c1-6-14(5,12-17)11-15-7-9-16(10-8-15)13(2,3)4/h12H,6-11H2,1-5H3. The van der Waals surface area contributed by atoms with Crippen LogP contribution in [-0.2, 0) is 4.79 Å². The van der Waals surface area contributed by atoms with E-state index in [4.69, 9.17) is 0 Å². The zero-order valence-corrected chi connectivity index (χ0v) is 12.1. The maximum atomic E-state index is 11.1. The summed E-state index contributed by atoms with van der Waals surface area (Å²) in [5.74, 6) is 0. The molecule has 3 heteroatoms. The maximum Gasteiger partial charge on any atom is 0.127 e. The highest BCUT2D eigenvalue weighted by Gasteiger charge is 2.29. The third kappa shape index (κ3) is 4.07. The molecule has 1 fully saturated rings. The minimum atomic E-state index is -0.163. The highest BCUT2D eigenvalue weighted by Crippen LogP contribution is 2.22. The van der Waals surface area contributed by atoms with Crippen molar-refractivity contribution >= 4 is 6.29 Å². The highest BCUT2D eigenvalue weighted by atomic mass is 16.1. The van der Waals surface area contributed by atoms with Crippen molar-refractivity contribution in [2.75, 3.05) is 32.7 Å². The van der Waals surface area contributed by atoms with E-state index in [1.54, 1.807) is 0 Å². The minimum Gasteiger partial charge on any atom is -0.303 e. The Labute approximate surface area is 106 Å². The highest BCUT2D eigenvalue weighted by molar-refractivity contribution is 5.58. The Kier molecular flexibility index (Phi) is 4.73. The molecule has 1 rings (SSSR count). The van der Waals surface area contributed by atoms with Crippen LogP contribution in [0.5, 0.6) is 0 Å². The van der Waals surface area contributed by atoms with E-state index in [1.165, 1.54) is 0 Å². The van der Waals surface area contributed by atoms with Gasteiger partial charge in [-0.25, -0.2) is 0 Å². The summed E-state index contributed by atoms with van der Waals surface area (Å²) in [6.45, 7) is 16.3. The van der Waals surface area contributed by atoms with Crippen molar-refractivity contribution in [1.82, 2.24) is 9.80 Å². The Morgan fingerprint density at radius 3 is 1.94 bits per heavy atom. The quantitative estimate of drug-likeness (QED) is 0.702. The van der Waals surface area contributed by atoms with Crippen LogP contribution >= 0.6 is 0 Å². The first-order chi connectivity index (χ1) is 7.80. The van der Waals surface area contributed by atoms with Crippen molar-refractivity contribution in [3.8, 4) is 0 Å². The summed E-state index contributed by atoms with van der Waals surface area (Å²) in [4.78, 5) is 16.1. The molecule has 0 radical (unpaired) electrons. The fourth-order valence-corrected chi connectivity index (χ4v) is 2.32. The van der Waals surface area contributed by atoms with Gasteiger partial charge in [0.2, 0.25) is 0 Å². The van der Waals surface area contributed by atoms with Crippen LogP contribution in [0.1, 0.15) is 41.0 Å². The largest absolute Gasteiger partial charge is 0.303 e. The fraction of sp³-hybridized carbons (Fsp3) is 0.929. The zero-order valence-electron chi connectivity index (χ0n) is 12.1. The first-order valence-corrected chi connectivity index (χ1v) is 6.74. The number of nitrogens with zero attached hydrogens (tertiary/aromatic N) is 2. The number of piperazine rings is 1. The van der Waals surface area contributed by atoms with Crippen molar-refractivity contribution in [2.45, 2.75) is 46.6 Å². The second-order valence-electron chi connectivity index (χ2n) is 6.56. The number of rotatable bonds is 4. The number of hydrogen-bond donors (Lipinski definition) is 0. The molecule has 1 heterocycles. The molecule has 17 heavy (non-hydrogen) atoms. The van der Waals surface area contributed by atoms with Gasteiger partial charge in [0, 0.05) is 43.7 Å². The van der Waals surface area contributed by atoms with E-state index in [2.05, 4.69) is 44.4 Å². The second kappa shape index (κ2) is 5.49. The predicted molar refractivity (Wildman–Crippen MR) is 72.2 cm³/mol. The van der Waals surface area contributed by atoms with Gasteiger partial charge in [0.25, 0.3) is 0 Å². The number of carbonyl (C=O) groups is 1. The fourth-order valence-electron chi connectivity index (χ4n) is 2.32. The molecule has 1 saturated heterocycles. The van der Waals surface area contributed by atoms with Gasteiger partial charge in [0.05, 0.1) is 0 Å². The lowest BCUT2D eigenvalue weighted by atomic mass is 9.88. The van der Waals surface area contributed by atoms with Crippen molar-refractivity contribution in [3.05, 3.63) is 0 Å². The molecule has 1 aliphatic rings. The van der Waals surface area contributed by atoms with E-state index >= 15 is 0 Å². The van der Waals surface area contributed by atoms with E-state index in [0.29, 0.717) is 0 Å². The SMILES string of the molecule is CCC(C)(C=O)CN1CCN(C(C)(C)C)CC1. The Balaban J connectivity index is 2.45. The number of aldehydes is 1. The van der Waals surface area contributed by atoms with Gasteiger partial charge in [-0.3, -0.25) is 9.80 Å². The molecule has 100 valence electrons. The topological polar surface area (TPSA) is 23.6 Å². The normalized spacial score (nSPS) is 23.4. The summed E-state index contributed by atoms with van der Waals surface area (Å²) in [6, 6.07) is 0. The summed E-state index contributed by atoms with van der Waals surface area (Å²) in [6.07, 6.45) is 2.05. The molecule has 0 bridgehead atoms. The summed E-state index contributed by atoms with van der Waals surface area (Å²) in [7, 11) is 0. The van der Waals surface area contributed by atoms with E-state index < -0.39 is 0 Å². The Morgan fingerprint density at radius 1 is 1.06 bits per heavy atom. The van der Waals surface area contributed by atoms with Crippen LogP contribution in [0.4, 0.5) is 0 Å². The first kappa shape index (κ1) is 14.7. The van der Waals surface area contributed by atoms with E-state index in [9.17, 15) is 4.79 Å². The van der Waals surface area contributed by atoms with Gasteiger partial charge in [-0.05, 0) is 27.2 Å². The van der Waals surface area contributed by atoms with Gasteiger partial charge in [-0.1, -0.05) is 13.8 Å². The van der Waals surface area contributed by atoms with Gasteiger partial charge in [0.15, 0.2) is 0 Å². The molecule has 1 unspecified atom stereocenters. The van der Waals surface area contributed by atoms with Crippen LogP contribution in [0.3, 0.4) is 0 Å². The Hall–Kier alpha value is -0.410. The molecular formula is C14H28N2O. The average molecular weight is 240 g/mol. The molecule has 0 aromatic carbocycles. The van der Waals surface area contributed by atoms with Crippen LogP contribution in [-0.4, -0.2) is 54.3 Å². The van der Waals surface area contributed by atoms with Crippen LogP contribution in [0, 0.1) is 5.41 Å². The smallest absolute Gasteiger partial charge is 0.127 e. The van der Waals surface area contributed by atoms with Crippen LogP contribution in [0.25, 0.3) is 0 Å². The average Bonchev–Trinajstić information content (AvgIpc) is 2.28. The molecule has 0 amide bonds. The molecular weight excluding hydrogens is 212 g/mol. The van der Waals surface area contributed by atoms with Gasteiger partial charge in [-0.15, -0.1) is 0 Å². The minimum absolute atomic E-state index is 0.163. The monoisotopic (exact) mass is 240 g/mol. The Bertz CT molecular complexity index is 251. The molecule has 0 N–H and O–H groups in total. The maximum absolute atomic E-state index is 11.1. The van der Waals surface area contributed by atoms with Crippen LogP contribution in [0.2, 0.25) is 0 Å². The van der Waals surface area contributed by atoms with Crippen molar-refractivity contribution in [1.29, 1.82) is 0 Å². The molecule has 0 aromatic rings. The summed E-state index contributed by atoms with van der Waals surface area (Å²) < 4.78 is 0. The molecule has 3 nitrogen and oxygen atoms in total. The lowest BCUT2D eigenvalue weighted by molar-refractivity contribution is -0.117. The van der Waals surface area contributed by atoms with E-state index in [0.717, 1.165) is 45.4 Å². The summed E-state index contributed by atoms with van der Waals surface area (Å²) in [5, 5.41) is 0. The van der Waals surface area contributed by atoms with Gasteiger partial charge in [-0.2, -0.15) is 0 Å². The van der Waals surface area contributed by atoms with E-state index in [1.807, 2.05) is 0 Å². The van der Waals surface area contributed by atoms with Crippen molar-refractivity contribution < 1.29 is 4.79 Å². The first-order valence-electron chi connectivity index (χ1n) is 6.74. The van der Waals surface area contributed by atoms with E-state index in [-0.39, 0.29) is 11.0 Å². The Morgan fingerprint density at radius 2 is 1.59 bits per heavy atom. The number of carbonyl (C=O) groups excluding carboxylic acids is 1. The van der Waals surface area contributed by atoms with Gasteiger partial charge < -0.3 is 4.79 Å². The lowest BCUT2D eigenvalue weighted by Gasteiger charge is -2.43. The second-order valence-corrected chi connectivity index (χ2v) is 6.56. The third-order valence-corrected chi connectivity index (χ3v) is 4.00. The third-order valence-electron chi connectivity index (χ3n) is 4.00. The van der Waals surface area contributed by atoms with Gasteiger partial charge in [0.1, 0.15) is 6.29 Å². The van der Waals surface area contributed by atoms with Crippen LogP contribution in [0.15, 0.2) is 0 Å². The summed E-state index contributed by atoms with van der Waals surface area (Å²) in [5.41, 5.74) is 0.106. The zero-order chi connectivity index (χ0) is 13.1. The number of hydrogen-bond acceptors (Lipinski definition) is 3. The van der Waals surface area contributed by atoms with Crippen LogP contribution < -0.4 is 0 Å².